The molecule has 4 rings (SSSR count). The van der Waals surface area contributed by atoms with E-state index in [1.54, 1.807) is 24.7 Å². The number of amidine groups is 1. The van der Waals surface area contributed by atoms with Gasteiger partial charge in [-0.05, 0) is 41.5 Å². The third-order valence-corrected chi connectivity index (χ3v) is 4.17. The topological polar surface area (TPSA) is 77.8 Å². The summed E-state index contributed by atoms with van der Waals surface area (Å²) in [6, 6.07) is 15.7. The SMILES string of the molecule is N=C1CC(c2ccnc(Nc3ccccc3)c2)=CCN1c1ncccn1. The van der Waals surface area contributed by atoms with E-state index in [0.29, 0.717) is 24.7 Å². The van der Waals surface area contributed by atoms with E-state index in [1.807, 2.05) is 47.4 Å². The quantitative estimate of drug-likeness (QED) is 0.752. The lowest BCUT2D eigenvalue weighted by atomic mass is 9.99. The highest BCUT2D eigenvalue weighted by atomic mass is 15.3. The normalized spacial score (nSPS) is 14.1. The largest absolute Gasteiger partial charge is 0.340 e. The van der Waals surface area contributed by atoms with Gasteiger partial charge in [-0.2, -0.15) is 0 Å². The Kier molecular flexibility index (Phi) is 4.38. The molecule has 0 radical (unpaired) electrons. The van der Waals surface area contributed by atoms with Crippen LogP contribution in [-0.4, -0.2) is 27.3 Å². The van der Waals surface area contributed by atoms with Crippen molar-refractivity contribution < 1.29 is 0 Å². The number of nitrogens with zero attached hydrogens (tertiary/aromatic N) is 4. The summed E-state index contributed by atoms with van der Waals surface area (Å²) in [6.45, 7) is 0.585. The van der Waals surface area contributed by atoms with E-state index in [1.165, 1.54) is 0 Å². The molecule has 0 aliphatic carbocycles. The minimum absolute atomic E-state index is 0.489. The van der Waals surface area contributed by atoms with E-state index in [0.717, 1.165) is 22.6 Å². The van der Waals surface area contributed by atoms with Crippen LogP contribution < -0.4 is 10.2 Å². The molecule has 2 aromatic heterocycles. The minimum atomic E-state index is 0.489. The maximum absolute atomic E-state index is 8.37. The second-order valence-electron chi connectivity index (χ2n) is 5.93. The van der Waals surface area contributed by atoms with Gasteiger partial charge in [0, 0.05) is 37.2 Å². The molecule has 0 amide bonds. The Morgan fingerprint density at radius 1 is 0.923 bits per heavy atom. The van der Waals surface area contributed by atoms with Crippen LogP contribution in [0, 0.1) is 5.41 Å². The second kappa shape index (κ2) is 7.14. The van der Waals surface area contributed by atoms with Gasteiger partial charge < -0.3 is 5.32 Å². The Hall–Kier alpha value is -3.54. The minimum Gasteiger partial charge on any atom is -0.340 e. The number of nitrogens with one attached hydrogen (secondary N) is 2. The lowest BCUT2D eigenvalue weighted by Crippen LogP contribution is -2.34. The van der Waals surface area contributed by atoms with Crippen LogP contribution in [0.5, 0.6) is 0 Å². The number of hydrogen-bond donors (Lipinski definition) is 2. The molecule has 1 aliphatic heterocycles. The first-order chi connectivity index (χ1) is 12.8. The van der Waals surface area contributed by atoms with Crippen LogP contribution in [0.2, 0.25) is 0 Å². The molecule has 6 heteroatoms. The van der Waals surface area contributed by atoms with Crippen LogP contribution in [0.25, 0.3) is 5.57 Å². The molecule has 1 aliphatic rings. The molecule has 0 unspecified atom stereocenters. The fourth-order valence-electron chi connectivity index (χ4n) is 2.88. The molecule has 0 bridgehead atoms. The molecule has 128 valence electrons. The van der Waals surface area contributed by atoms with Crippen LogP contribution in [0.1, 0.15) is 12.0 Å². The third kappa shape index (κ3) is 3.44. The Labute approximate surface area is 151 Å². The fourth-order valence-corrected chi connectivity index (χ4v) is 2.88. The van der Waals surface area contributed by atoms with Gasteiger partial charge in [0.15, 0.2) is 0 Å². The van der Waals surface area contributed by atoms with Crippen LogP contribution >= 0.6 is 0 Å². The molecule has 0 saturated carbocycles. The first-order valence-corrected chi connectivity index (χ1v) is 8.39. The molecular weight excluding hydrogens is 324 g/mol. The summed E-state index contributed by atoms with van der Waals surface area (Å²) in [5, 5.41) is 11.7. The lowest BCUT2D eigenvalue weighted by molar-refractivity contribution is 0.975. The Morgan fingerprint density at radius 2 is 1.73 bits per heavy atom. The van der Waals surface area contributed by atoms with Crippen molar-refractivity contribution in [3.8, 4) is 0 Å². The maximum atomic E-state index is 8.37. The standard InChI is InChI=1S/C20H18N6/c21-18-13-16(8-12-26(18)20-23-9-4-10-24-20)15-7-11-22-19(14-15)25-17-5-2-1-3-6-17/h1-11,14,21H,12-13H2,(H,22,25). The summed E-state index contributed by atoms with van der Waals surface area (Å²) in [5.41, 5.74) is 3.17. The zero-order valence-electron chi connectivity index (χ0n) is 14.1. The number of hydrogen-bond acceptors (Lipinski definition) is 5. The van der Waals surface area contributed by atoms with Gasteiger partial charge >= 0.3 is 0 Å². The second-order valence-corrected chi connectivity index (χ2v) is 5.93. The number of benzene rings is 1. The van der Waals surface area contributed by atoms with E-state index >= 15 is 0 Å². The summed E-state index contributed by atoms with van der Waals surface area (Å²) in [5.74, 6) is 1.84. The number of para-hydroxylation sites is 1. The predicted octanol–water partition coefficient (Wildman–Crippen LogP) is 3.89. The van der Waals surface area contributed by atoms with Crippen LogP contribution in [-0.2, 0) is 0 Å². The van der Waals surface area contributed by atoms with Crippen molar-refractivity contribution in [1.29, 1.82) is 5.41 Å². The summed E-state index contributed by atoms with van der Waals surface area (Å²) >= 11 is 0. The predicted molar refractivity (Wildman–Crippen MR) is 104 cm³/mol. The van der Waals surface area contributed by atoms with Crippen LogP contribution in [0.15, 0.2) is 73.2 Å². The van der Waals surface area contributed by atoms with Gasteiger partial charge in [0.2, 0.25) is 5.95 Å². The van der Waals surface area contributed by atoms with Gasteiger partial charge in [-0.3, -0.25) is 10.3 Å². The Balaban J connectivity index is 1.54. The summed E-state index contributed by atoms with van der Waals surface area (Å²) < 4.78 is 0. The van der Waals surface area contributed by atoms with Crippen LogP contribution in [0.4, 0.5) is 17.5 Å². The summed E-state index contributed by atoms with van der Waals surface area (Å²) in [6.07, 6.45) is 7.83. The van der Waals surface area contributed by atoms with Gasteiger partial charge in [0.1, 0.15) is 11.7 Å². The molecule has 6 nitrogen and oxygen atoms in total. The van der Waals surface area contributed by atoms with Gasteiger partial charge in [-0.15, -0.1) is 0 Å². The summed E-state index contributed by atoms with van der Waals surface area (Å²) in [7, 11) is 0. The monoisotopic (exact) mass is 342 g/mol. The van der Waals surface area contributed by atoms with E-state index in [4.69, 9.17) is 5.41 Å². The van der Waals surface area contributed by atoms with Crippen molar-refractivity contribution in [2.75, 3.05) is 16.8 Å². The molecule has 1 aromatic carbocycles. The first-order valence-electron chi connectivity index (χ1n) is 8.39. The zero-order valence-corrected chi connectivity index (χ0v) is 14.1. The lowest BCUT2D eigenvalue weighted by Gasteiger charge is -2.27. The number of pyridine rings is 1. The Bertz CT molecular complexity index is 937. The number of aromatic nitrogens is 3. The molecule has 0 saturated heterocycles. The molecule has 3 heterocycles. The van der Waals surface area contributed by atoms with Crippen molar-refractivity contribution in [2.45, 2.75) is 6.42 Å². The van der Waals surface area contributed by atoms with E-state index < -0.39 is 0 Å². The average Bonchev–Trinajstić information content (AvgIpc) is 2.69. The van der Waals surface area contributed by atoms with Crippen molar-refractivity contribution in [1.82, 2.24) is 15.0 Å². The third-order valence-electron chi connectivity index (χ3n) is 4.17. The molecule has 0 fully saturated rings. The van der Waals surface area contributed by atoms with Crippen LogP contribution in [0.3, 0.4) is 0 Å². The fraction of sp³-hybridized carbons (Fsp3) is 0.100. The van der Waals surface area contributed by atoms with Gasteiger partial charge in [0.05, 0.1) is 0 Å². The molecule has 3 aromatic rings. The maximum Gasteiger partial charge on any atom is 0.231 e. The van der Waals surface area contributed by atoms with Gasteiger partial charge in [-0.25, -0.2) is 15.0 Å². The number of rotatable bonds is 4. The average molecular weight is 342 g/mol. The van der Waals surface area contributed by atoms with Gasteiger partial charge in [0.25, 0.3) is 0 Å². The highest BCUT2D eigenvalue weighted by molar-refractivity contribution is 6.03. The molecule has 2 N–H and O–H groups in total. The van der Waals surface area contributed by atoms with E-state index in [2.05, 4.69) is 26.3 Å². The molecule has 0 spiro atoms. The smallest absolute Gasteiger partial charge is 0.231 e. The van der Waals surface area contributed by atoms with Crippen molar-refractivity contribution in [3.05, 3.63) is 78.8 Å². The molecular formula is C20H18N6. The zero-order chi connectivity index (χ0) is 17.8. The van der Waals surface area contributed by atoms with E-state index in [9.17, 15) is 0 Å². The van der Waals surface area contributed by atoms with Crippen molar-refractivity contribution in [2.24, 2.45) is 0 Å². The number of anilines is 3. The van der Waals surface area contributed by atoms with Crippen molar-refractivity contribution >= 4 is 28.9 Å². The molecule has 0 atom stereocenters. The van der Waals surface area contributed by atoms with E-state index in [-0.39, 0.29) is 0 Å². The van der Waals surface area contributed by atoms with Crippen molar-refractivity contribution in [3.63, 3.8) is 0 Å². The molecule has 26 heavy (non-hydrogen) atoms. The highest BCUT2D eigenvalue weighted by Gasteiger charge is 2.20. The van der Waals surface area contributed by atoms with Gasteiger partial charge in [-0.1, -0.05) is 24.3 Å². The highest BCUT2D eigenvalue weighted by Crippen LogP contribution is 2.26. The summed E-state index contributed by atoms with van der Waals surface area (Å²) in [4.78, 5) is 14.7. The first kappa shape index (κ1) is 16.0. The Morgan fingerprint density at radius 3 is 2.50 bits per heavy atom.